The Kier molecular flexibility index (Phi) is 5.86. The number of non-ortho nitro benzene ring substituents is 1. The first-order chi connectivity index (χ1) is 9.51. The molecule has 0 amide bonds. The summed E-state index contributed by atoms with van der Waals surface area (Å²) in [7, 11) is 1.59. The molecule has 0 N–H and O–H groups in total. The number of methoxy groups -OCH3 is 1. The van der Waals surface area contributed by atoms with Gasteiger partial charge in [-0.25, -0.2) is 0 Å². The molecule has 108 valence electrons. The third-order valence-electron chi connectivity index (χ3n) is 2.83. The van der Waals surface area contributed by atoms with Crippen molar-refractivity contribution >= 4 is 17.2 Å². The van der Waals surface area contributed by atoms with Gasteiger partial charge >= 0.3 is 0 Å². The van der Waals surface area contributed by atoms with E-state index in [-0.39, 0.29) is 11.5 Å². The molecule has 0 aliphatic carbocycles. The molecule has 0 aliphatic rings. The van der Waals surface area contributed by atoms with Crippen LogP contribution >= 0.6 is 0 Å². The number of rotatable bonds is 8. The van der Waals surface area contributed by atoms with Gasteiger partial charge in [0, 0.05) is 43.6 Å². The van der Waals surface area contributed by atoms with Crippen molar-refractivity contribution in [2.45, 2.75) is 6.92 Å². The van der Waals surface area contributed by atoms with Gasteiger partial charge in [-0.3, -0.25) is 14.9 Å². The van der Waals surface area contributed by atoms with Gasteiger partial charge in [-0.2, -0.15) is 0 Å². The number of carbonyl (C=O) groups is 1. The number of hydrogen-bond donors (Lipinski definition) is 0. The predicted molar refractivity (Wildman–Crippen MR) is 77.4 cm³/mol. The van der Waals surface area contributed by atoms with Crippen LogP contribution in [0.5, 0.6) is 0 Å². The van der Waals surface area contributed by atoms with Gasteiger partial charge in [-0.1, -0.05) is 6.08 Å². The summed E-state index contributed by atoms with van der Waals surface area (Å²) in [5.41, 5.74) is 0.890. The smallest absolute Gasteiger partial charge is 0.270 e. The summed E-state index contributed by atoms with van der Waals surface area (Å²) in [6.45, 7) is 6.66. The van der Waals surface area contributed by atoms with E-state index in [0.717, 1.165) is 0 Å². The van der Waals surface area contributed by atoms with Crippen molar-refractivity contribution in [3.05, 3.63) is 46.5 Å². The van der Waals surface area contributed by atoms with Crippen molar-refractivity contribution in [1.82, 2.24) is 0 Å². The molecule has 0 heterocycles. The molecule has 0 bridgehead atoms. The minimum absolute atomic E-state index is 0.0933. The fourth-order valence-electron chi connectivity index (χ4n) is 1.86. The standard InChI is InChI=1S/C14H18N2O4/c1-4-7-15(8-9-20-3)14-6-5-12(16(18)19)10-13(14)11(2)17/h4-6,10H,1,7-9H2,2-3H3. The number of nitro groups is 1. The zero-order valence-electron chi connectivity index (χ0n) is 11.7. The lowest BCUT2D eigenvalue weighted by molar-refractivity contribution is -0.384. The lowest BCUT2D eigenvalue weighted by Gasteiger charge is -2.24. The number of benzene rings is 1. The highest BCUT2D eigenvalue weighted by Crippen LogP contribution is 2.26. The Morgan fingerprint density at radius 1 is 1.55 bits per heavy atom. The molecule has 0 saturated heterocycles. The molecule has 20 heavy (non-hydrogen) atoms. The molecule has 0 aliphatic heterocycles. The Hall–Kier alpha value is -2.21. The summed E-state index contributed by atoms with van der Waals surface area (Å²) in [6, 6.07) is 4.29. The number of ether oxygens (including phenoxy) is 1. The minimum Gasteiger partial charge on any atom is -0.383 e. The Bertz CT molecular complexity index is 514. The molecule has 1 aromatic rings. The van der Waals surface area contributed by atoms with E-state index in [1.54, 1.807) is 19.3 Å². The van der Waals surface area contributed by atoms with Gasteiger partial charge in [0.25, 0.3) is 5.69 Å². The average molecular weight is 278 g/mol. The second-order valence-electron chi connectivity index (χ2n) is 4.24. The van der Waals surface area contributed by atoms with Gasteiger partial charge in [-0.05, 0) is 13.0 Å². The first-order valence-corrected chi connectivity index (χ1v) is 6.15. The molecule has 0 fully saturated rings. The number of Topliss-reactive ketones (excluding diaryl/α,β-unsaturated/α-hetero) is 1. The molecule has 0 aromatic heterocycles. The highest BCUT2D eigenvalue weighted by molar-refractivity contribution is 6.00. The summed E-state index contributed by atoms with van der Waals surface area (Å²) in [5, 5.41) is 10.8. The summed E-state index contributed by atoms with van der Waals surface area (Å²) in [6.07, 6.45) is 1.71. The van der Waals surface area contributed by atoms with Crippen LogP contribution in [0.4, 0.5) is 11.4 Å². The zero-order chi connectivity index (χ0) is 15.1. The van der Waals surface area contributed by atoms with Crippen LogP contribution in [0.2, 0.25) is 0 Å². The van der Waals surface area contributed by atoms with E-state index in [1.165, 1.54) is 19.1 Å². The van der Waals surface area contributed by atoms with Crippen LogP contribution < -0.4 is 4.90 Å². The second-order valence-corrected chi connectivity index (χ2v) is 4.24. The van der Waals surface area contributed by atoms with Gasteiger partial charge in [0.15, 0.2) is 5.78 Å². The minimum atomic E-state index is -0.511. The molecule has 0 unspecified atom stereocenters. The SMILES string of the molecule is C=CCN(CCOC)c1ccc([N+](=O)[O-])cc1C(C)=O. The molecule has 1 aromatic carbocycles. The molecule has 0 spiro atoms. The van der Waals surface area contributed by atoms with Crippen LogP contribution in [0.25, 0.3) is 0 Å². The van der Waals surface area contributed by atoms with Crippen molar-refractivity contribution in [1.29, 1.82) is 0 Å². The summed E-state index contributed by atoms with van der Waals surface area (Å²) < 4.78 is 5.03. The number of nitrogens with zero attached hydrogens (tertiary/aromatic N) is 2. The van der Waals surface area contributed by atoms with Gasteiger partial charge in [0.2, 0.25) is 0 Å². The molecular weight excluding hydrogens is 260 g/mol. The zero-order valence-corrected chi connectivity index (χ0v) is 11.7. The summed E-state index contributed by atoms with van der Waals surface area (Å²) in [4.78, 5) is 23.9. The Labute approximate surface area is 117 Å². The highest BCUT2D eigenvalue weighted by atomic mass is 16.6. The van der Waals surface area contributed by atoms with Crippen molar-refractivity contribution in [2.24, 2.45) is 0 Å². The Balaban J connectivity index is 3.21. The molecule has 6 heteroatoms. The van der Waals surface area contributed by atoms with Gasteiger partial charge in [-0.15, -0.1) is 6.58 Å². The van der Waals surface area contributed by atoms with Crippen molar-refractivity contribution < 1.29 is 14.5 Å². The normalized spacial score (nSPS) is 10.1. The van der Waals surface area contributed by atoms with Crippen molar-refractivity contribution in [3.8, 4) is 0 Å². The lowest BCUT2D eigenvalue weighted by Crippen LogP contribution is -2.28. The first kappa shape index (κ1) is 15.8. The number of carbonyl (C=O) groups excluding carboxylic acids is 1. The first-order valence-electron chi connectivity index (χ1n) is 6.15. The Morgan fingerprint density at radius 3 is 2.75 bits per heavy atom. The van der Waals surface area contributed by atoms with Crippen LogP contribution in [0.3, 0.4) is 0 Å². The number of nitro benzene ring substituents is 1. The monoisotopic (exact) mass is 278 g/mol. The maximum Gasteiger partial charge on any atom is 0.270 e. The number of hydrogen-bond acceptors (Lipinski definition) is 5. The number of ketones is 1. The maximum absolute atomic E-state index is 11.7. The Morgan fingerprint density at radius 2 is 2.25 bits per heavy atom. The average Bonchev–Trinajstić information content (AvgIpc) is 2.42. The van der Waals surface area contributed by atoms with E-state index in [9.17, 15) is 14.9 Å². The topological polar surface area (TPSA) is 72.7 Å². The quantitative estimate of drug-likeness (QED) is 0.316. The summed E-state index contributed by atoms with van der Waals surface area (Å²) in [5.74, 6) is -0.213. The lowest BCUT2D eigenvalue weighted by atomic mass is 10.1. The van der Waals surface area contributed by atoms with E-state index in [1.807, 2.05) is 4.90 Å². The largest absolute Gasteiger partial charge is 0.383 e. The van der Waals surface area contributed by atoms with Gasteiger partial charge in [0.05, 0.1) is 11.5 Å². The molecule has 1 rings (SSSR count). The van der Waals surface area contributed by atoms with Gasteiger partial charge in [0.1, 0.15) is 0 Å². The molecule has 0 radical (unpaired) electrons. The van der Waals surface area contributed by atoms with E-state index in [0.29, 0.717) is 30.9 Å². The van der Waals surface area contributed by atoms with Gasteiger partial charge < -0.3 is 9.64 Å². The second kappa shape index (κ2) is 7.40. The molecule has 6 nitrogen and oxygen atoms in total. The third-order valence-corrected chi connectivity index (χ3v) is 2.83. The summed E-state index contributed by atoms with van der Waals surface area (Å²) >= 11 is 0. The highest BCUT2D eigenvalue weighted by Gasteiger charge is 2.17. The fourth-order valence-corrected chi connectivity index (χ4v) is 1.86. The van der Waals surface area contributed by atoms with Crippen molar-refractivity contribution in [3.63, 3.8) is 0 Å². The fraction of sp³-hybridized carbons (Fsp3) is 0.357. The van der Waals surface area contributed by atoms with E-state index < -0.39 is 4.92 Å². The van der Waals surface area contributed by atoms with E-state index in [4.69, 9.17) is 4.74 Å². The molecular formula is C14H18N2O4. The van der Waals surface area contributed by atoms with Crippen LogP contribution in [-0.4, -0.2) is 37.5 Å². The van der Waals surface area contributed by atoms with E-state index in [2.05, 4.69) is 6.58 Å². The molecule has 0 saturated carbocycles. The number of anilines is 1. The third kappa shape index (κ3) is 3.89. The van der Waals surface area contributed by atoms with Crippen LogP contribution in [0.1, 0.15) is 17.3 Å². The molecule has 0 atom stereocenters. The predicted octanol–water partition coefficient (Wildman–Crippen LogP) is 2.44. The van der Waals surface area contributed by atoms with Crippen molar-refractivity contribution in [2.75, 3.05) is 31.7 Å². The maximum atomic E-state index is 11.7. The van der Waals surface area contributed by atoms with Crippen LogP contribution in [0.15, 0.2) is 30.9 Å². The van der Waals surface area contributed by atoms with Crippen LogP contribution in [-0.2, 0) is 4.74 Å². The van der Waals surface area contributed by atoms with Crippen LogP contribution in [0, 0.1) is 10.1 Å². The van der Waals surface area contributed by atoms with E-state index >= 15 is 0 Å².